The minimum Gasteiger partial charge on any atom is -0.436 e. The van der Waals surface area contributed by atoms with Crippen LogP contribution in [0.25, 0.3) is 0 Å². The topological polar surface area (TPSA) is 52.6 Å². The minimum absolute atomic E-state index is 0.130. The van der Waals surface area contributed by atoms with Gasteiger partial charge in [-0.3, -0.25) is 0 Å². The molecule has 1 aliphatic rings. The minimum atomic E-state index is -0.817. The lowest BCUT2D eigenvalue weighted by molar-refractivity contribution is 0.00578. The average molecular weight is 394 g/mol. The van der Waals surface area contributed by atoms with Gasteiger partial charge in [-0.15, -0.1) is 0 Å². The van der Waals surface area contributed by atoms with E-state index in [1.54, 1.807) is 12.3 Å². The van der Waals surface area contributed by atoms with E-state index in [1.807, 2.05) is 34.0 Å². The zero-order chi connectivity index (χ0) is 19.8. The fourth-order valence-corrected chi connectivity index (χ4v) is 2.88. The van der Waals surface area contributed by atoms with Gasteiger partial charge in [-0.25, -0.2) is 13.8 Å². The van der Waals surface area contributed by atoms with Crippen molar-refractivity contribution in [3.63, 3.8) is 0 Å². The first-order chi connectivity index (χ1) is 12.6. The normalized spacial score (nSPS) is 17.8. The van der Waals surface area contributed by atoms with Crippen LogP contribution in [0, 0.1) is 11.6 Å². The maximum atomic E-state index is 14.0. The van der Waals surface area contributed by atoms with Crippen molar-refractivity contribution < 1.29 is 22.8 Å². The molecule has 144 valence electrons. The Hall–Kier alpha value is -1.84. The SMILES string of the molecule is CSNc1cnc(Oc2ccc(F)cc2F)c(B2OC(C)(C)C(C)(C)O2)c1. The van der Waals surface area contributed by atoms with Crippen LogP contribution >= 0.6 is 11.9 Å². The van der Waals surface area contributed by atoms with Gasteiger partial charge in [0.2, 0.25) is 5.88 Å². The number of pyridine rings is 1. The number of nitrogens with zero attached hydrogens (tertiary/aromatic N) is 1. The molecular formula is C18H21BF2N2O3S. The fraction of sp³-hybridized carbons (Fsp3) is 0.389. The zero-order valence-electron chi connectivity index (χ0n) is 15.8. The van der Waals surface area contributed by atoms with Crippen LogP contribution in [0.3, 0.4) is 0 Å². The zero-order valence-corrected chi connectivity index (χ0v) is 16.6. The molecule has 1 saturated heterocycles. The smallest absolute Gasteiger partial charge is 0.436 e. The van der Waals surface area contributed by atoms with Gasteiger partial charge in [-0.2, -0.15) is 0 Å². The molecule has 0 radical (unpaired) electrons. The number of benzene rings is 1. The van der Waals surface area contributed by atoms with Crippen LogP contribution < -0.4 is 14.9 Å². The van der Waals surface area contributed by atoms with Crippen molar-refractivity contribution in [3.8, 4) is 11.6 Å². The second kappa shape index (κ2) is 7.29. The summed E-state index contributed by atoms with van der Waals surface area (Å²) in [4.78, 5) is 4.28. The van der Waals surface area contributed by atoms with Crippen LogP contribution in [0.4, 0.5) is 14.5 Å². The number of nitrogens with one attached hydrogen (secondary N) is 1. The maximum Gasteiger partial charge on any atom is 0.500 e. The second-order valence-electron chi connectivity index (χ2n) is 7.19. The lowest BCUT2D eigenvalue weighted by atomic mass is 9.79. The van der Waals surface area contributed by atoms with Gasteiger partial charge in [-0.1, -0.05) is 11.9 Å². The van der Waals surface area contributed by atoms with Crippen LogP contribution in [0.15, 0.2) is 30.5 Å². The lowest BCUT2D eigenvalue weighted by Crippen LogP contribution is -2.41. The van der Waals surface area contributed by atoms with E-state index < -0.39 is 30.0 Å². The number of hydrogen-bond donors (Lipinski definition) is 1. The van der Waals surface area contributed by atoms with E-state index in [1.165, 1.54) is 18.0 Å². The van der Waals surface area contributed by atoms with E-state index in [-0.39, 0.29) is 11.6 Å². The average Bonchev–Trinajstić information content (AvgIpc) is 2.79. The molecule has 0 aliphatic carbocycles. The summed E-state index contributed by atoms with van der Waals surface area (Å²) in [7, 11) is -0.746. The molecule has 1 N–H and O–H groups in total. The summed E-state index contributed by atoms with van der Waals surface area (Å²) in [6.07, 6.45) is 3.44. The van der Waals surface area contributed by atoms with Crippen molar-refractivity contribution in [1.29, 1.82) is 0 Å². The molecule has 5 nitrogen and oxygen atoms in total. The van der Waals surface area contributed by atoms with Crippen LogP contribution in [0.1, 0.15) is 27.7 Å². The molecule has 2 aromatic rings. The Morgan fingerprint density at radius 1 is 1.11 bits per heavy atom. The van der Waals surface area contributed by atoms with Gasteiger partial charge in [-0.05, 0) is 45.9 Å². The molecule has 1 aliphatic heterocycles. The number of rotatable bonds is 5. The number of anilines is 1. The highest BCUT2D eigenvalue weighted by molar-refractivity contribution is 7.99. The first-order valence-corrected chi connectivity index (χ1v) is 9.63. The summed E-state index contributed by atoms with van der Waals surface area (Å²) in [5.74, 6) is -1.50. The number of halogens is 2. The maximum absolute atomic E-state index is 14.0. The summed E-state index contributed by atoms with van der Waals surface area (Å²) in [6, 6.07) is 4.88. The standard InChI is InChI=1S/C18H21BF2N2O3S/c1-17(2)18(3,4)26-19(25-17)13-9-12(23-27-5)10-22-16(13)24-15-7-6-11(20)8-14(15)21/h6-10,23H,1-5H3. The Morgan fingerprint density at radius 2 is 1.78 bits per heavy atom. The van der Waals surface area contributed by atoms with Crippen LogP contribution in [-0.2, 0) is 9.31 Å². The summed E-state index contributed by atoms with van der Waals surface area (Å²) in [6.45, 7) is 7.74. The van der Waals surface area contributed by atoms with Crippen molar-refractivity contribution >= 4 is 30.2 Å². The fourth-order valence-electron chi connectivity index (χ4n) is 2.53. The van der Waals surface area contributed by atoms with Gasteiger partial charge in [0, 0.05) is 17.8 Å². The molecule has 27 heavy (non-hydrogen) atoms. The third-order valence-corrected chi connectivity index (χ3v) is 5.15. The van der Waals surface area contributed by atoms with E-state index >= 15 is 0 Å². The molecule has 9 heteroatoms. The molecule has 3 rings (SSSR count). The van der Waals surface area contributed by atoms with E-state index in [2.05, 4.69) is 9.71 Å². The summed E-state index contributed by atoms with van der Waals surface area (Å²) < 4.78 is 48.1. The van der Waals surface area contributed by atoms with Gasteiger partial charge >= 0.3 is 7.12 Å². The Labute approximate surface area is 162 Å². The van der Waals surface area contributed by atoms with Crippen molar-refractivity contribution in [2.75, 3.05) is 11.0 Å². The summed E-state index contributed by atoms with van der Waals surface area (Å²) in [5, 5.41) is 0. The highest BCUT2D eigenvalue weighted by Gasteiger charge is 2.52. The molecule has 0 amide bonds. The molecule has 0 saturated carbocycles. The quantitative estimate of drug-likeness (QED) is 0.608. The first kappa shape index (κ1) is 19.9. The third kappa shape index (κ3) is 4.05. The van der Waals surface area contributed by atoms with Crippen molar-refractivity contribution in [2.24, 2.45) is 0 Å². The van der Waals surface area contributed by atoms with E-state index in [0.29, 0.717) is 5.46 Å². The van der Waals surface area contributed by atoms with Crippen molar-refractivity contribution in [3.05, 3.63) is 42.1 Å². The van der Waals surface area contributed by atoms with Gasteiger partial charge in [0.05, 0.1) is 23.1 Å². The largest absolute Gasteiger partial charge is 0.500 e. The van der Waals surface area contributed by atoms with Gasteiger partial charge < -0.3 is 18.8 Å². The van der Waals surface area contributed by atoms with Gasteiger partial charge in [0.1, 0.15) is 5.82 Å². The monoisotopic (exact) mass is 394 g/mol. The molecule has 1 aromatic carbocycles. The van der Waals surface area contributed by atoms with Crippen molar-refractivity contribution in [1.82, 2.24) is 4.98 Å². The second-order valence-corrected chi connectivity index (χ2v) is 7.80. The Kier molecular flexibility index (Phi) is 5.38. The predicted octanol–water partition coefficient (Wildman–Crippen LogP) is 4.14. The highest BCUT2D eigenvalue weighted by Crippen LogP contribution is 2.37. The van der Waals surface area contributed by atoms with E-state index in [4.69, 9.17) is 14.0 Å². The third-order valence-electron chi connectivity index (χ3n) is 4.71. The Balaban J connectivity index is 1.99. The number of ether oxygens (including phenoxy) is 1. The molecule has 2 heterocycles. The lowest BCUT2D eigenvalue weighted by Gasteiger charge is -2.32. The molecule has 1 fully saturated rings. The molecule has 0 bridgehead atoms. The van der Waals surface area contributed by atoms with E-state index in [9.17, 15) is 8.78 Å². The predicted molar refractivity (Wildman–Crippen MR) is 104 cm³/mol. The highest BCUT2D eigenvalue weighted by atomic mass is 32.2. The Bertz CT molecular complexity index is 835. The molecule has 0 atom stereocenters. The van der Waals surface area contributed by atoms with Gasteiger partial charge in [0.15, 0.2) is 11.6 Å². The molecule has 1 aromatic heterocycles. The van der Waals surface area contributed by atoms with E-state index in [0.717, 1.165) is 17.8 Å². The summed E-state index contributed by atoms with van der Waals surface area (Å²) in [5.41, 5.74) is 0.119. The van der Waals surface area contributed by atoms with Crippen molar-refractivity contribution in [2.45, 2.75) is 38.9 Å². The summed E-state index contributed by atoms with van der Waals surface area (Å²) >= 11 is 1.41. The Morgan fingerprint density at radius 3 is 2.37 bits per heavy atom. The van der Waals surface area contributed by atoms with Crippen LogP contribution in [0.2, 0.25) is 0 Å². The molecular weight excluding hydrogens is 373 g/mol. The van der Waals surface area contributed by atoms with Crippen LogP contribution in [0.5, 0.6) is 11.6 Å². The first-order valence-electron chi connectivity index (χ1n) is 8.40. The number of hydrogen-bond acceptors (Lipinski definition) is 6. The number of aromatic nitrogens is 1. The van der Waals surface area contributed by atoms with Crippen LogP contribution in [-0.4, -0.2) is 29.6 Å². The van der Waals surface area contributed by atoms with Gasteiger partial charge in [0.25, 0.3) is 0 Å². The molecule has 0 spiro atoms. The molecule has 0 unspecified atom stereocenters.